The fraction of sp³-hybridized carbons (Fsp3) is 0.136. The number of hydrogen-bond acceptors (Lipinski definition) is 7. The Hall–Kier alpha value is -2.94. The highest BCUT2D eigenvalue weighted by atomic mass is 35.5. The molecular formula is C22H15ClN2O4S2. The van der Waals surface area contributed by atoms with Crippen LogP contribution in [0.1, 0.15) is 28.7 Å². The summed E-state index contributed by atoms with van der Waals surface area (Å²) in [4.78, 5) is 32.2. The number of aryl methyl sites for hydroxylation is 2. The number of carbonyl (C=O) groups is 2. The lowest BCUT2D eigenvalue weighted by atomic mass is 9.97. The number of thiophene rings is 1. The minimum Gasteiger partial charge on any atom is -0.507 e. The number of aromatic nitrogens is 1. The second-order valence-electron chi connectivity index (χ2n) is 7.14. The first kappa shape index (κ1) is 20.0. The van der Waals surface area contributed by atoms with Gasteiger partial charge in [-0.05, 0) is 54.4 Å². The summed E-state index contributed by atoms with van der Waals surface area (Å²) in [5.74, 6) is -0.702. The Morgan fingerprint density at radius 2 is 2.06 bits per heavy atom. The van der Waals surface area contributed by atoms with Crippen LogP contribution >= 0.6 is 34.3 Å². The number of anilines is 1. The van der Waals surface area contributed by atoms with Crippen LogP contribution in [-0.2, 0) is 9.59 Å². The maximum Gasteiger partial charge on any atom is 0.301 e. The van der Waals surface area contributed by atoms with Gasteiger partial charge in [0.15, 0.2) is 5.13 Å². The van der Waals surface area contributed by atoms with Crippen LogP contribution in [-0.4, -0.2) is 21.8 Å². The Morgan fingerprint density at radius 3 is 2.71 bits per heavy atom. The first-order chi connectivity index (χ1) is 14.9. The number of Topliss-reactive ketones (excluding diaryl/α,β-unsaturated/α-hetero) is 1. The van der Waals surface area contributed by atoms with Crippen molar-refractivity contribution in [3.05, 3.63) is 74.3 Å². The summed E-state index contributed by atoms with van der Waals surface area (Å²) in [6.07, 6.45) is 0. The minimum atomic E-state index is -0.805. The van der Waals surface area contributed by atoms with Crippen molar-refractivity contribution in [1.82, 2.24) is 4.98 Å². The molecule has 1 unspecified atom stereocenters. The second kappa shape index (κ2) is 7.33. The van der Waals surface area contributed by atoms with E-state index in [9.17, 15) is 14.7 Å². The van der Waals surface area contributed by atoms with E-state index < -0.39 is 17.7 Å². The van der Waals surface area contributed by atoms with E-state index in [1.54, 1.807) is 32.0 Å². The zero-order valence-corrected chi connectivity index (χ0v) is 18.8. The topological polar surface area (TPSA) is 83.6 Å². The van der Waals surface area contributed by atoms with Crippen molar-refractivity contribution in [3.63, 3.8) is 0 Å². The normalized spacial score (nSPS) is 18.4. The number of rotatable bonds is 3. The molecule has 0 aliphatic carbocycles. The largest absolute Gasteiger partial charge is 0.507 e. The average Bonchev–Trinajstić information content (AvgIpc) is 3.49. The molecule has 1 atom stereocenters. The number of thiazole rings is 1. The highest BCUT2D eigenvalue weighted by molar-refractivity contribution is 7.22. The molecule has 1 fully saturated rings. The first-order valence-electron chi connectivity index (χ1n) is 9.32. The van der Waals surface area contributed by atoms with Crippen LogP contribution in [0.25, 0.3) is 16.0 Å². The van der Waals surface area contributed by atoms with Crippen molar-refractivity contribution in [3.8, 4) is 0 Å². The molecule has 4 aromatic rings. The summed E-state index contributed by atoms with van der Waals surface area (Å²) in [7, 11) is 0. The molecule has 1 N–H and O–H groups in total. The lowest BCUT2D eigenvalue weighted by Gasteiger charge is -2.21. The van der Waals surface area contributed by atoms with E-state index in [0.717, 1.165) is 4.70 Å². The summed E-state index contributed by atoms with van der Waals surface area (Å²) in [6, 6.07) is 8.06. The van der Waals surface area contributed by atoms with Gasteiger partial charge in [0.05, 0.1) is 26.9 Å². The molecule has 156 valence electrons. The number of benzene rings is 1. The highest BCUT2D eigenvalue weighted by Crippen LogP contribution is 2.45. The molecule has 6 nitrogen and oxygen atoms in total. The molecule has 9 heteroatoms. The van der Waals surface area contributed by atoms with Crippen LogP contribution in [0.5, 0.6) is 0 Å². The molecular weight excluding hydrogens is 456 g/mol. The third-order valence-corrected chi connectivity index (χ3v) is 7.19. The average molecular weight is 471 g/mol. The van der Waals surface area contributed by atoms with Gasteiger partial charge in [-0.15, -0.1) is 0 Å². The smallest absolute Gasteiger partial charge is 0.301 e. The third-order valence-electron chi connectivity index (χ3n) is 5.16. The van der Waals surface area contributed by atoms with Crippen molar-refractivity contribution in [2.75, 3.05) is 4.90 Å². The van der Waals surface area contributed by atoms with Crippen LogP contribution in [0, 0.1) is 13.8 Å². The van der Waals surface area contributed by atoms with E-state index in [-0.39, 0.29) is 11.3 Å². The SMILES string of the molecule is Cc1cc(/C(O)=C2\C(=O)C(=O)N(c3nc4c(Cl)cccc4s3)C2c2ccsc2)c(C)o1. The molecule has 0 saturated carbocycles. The summed E-state index contributed by atoms with van der Waals surface area (Å²) in [5, 5.41) is 15.6. The zero-order valence-electron chi connectivity index (χ0n) is 16.4. The molecule has 0 radical (unpaired) electrons. The molecule has 1 aromatic carbocycles. The van der Waals surface area contributed by atoms with Crippen molar-refractivity contribution >= 4 is 67.1 Å². The number of halogens is 1. The summed E-state index contributed by atoms with van der Waals surface area (Å²) in [6.45, 7) is 3.46. The Labute approximate surface area is 190 Å². The van der Waals surface area contributed by atoms with Gasteiger partial charge in [0.25, 0.3) is 5.78 Å². The number of amides is 1. The van der Waals surface area contributed by atoms with E-state index in [4.69, 9.17) is 16.0 Å². The van der Waals surface area contributed by atoms with Crippen molar-refractivity contribution < 1.29 is 19.1 Å². The van der Waals surface area contributed by atoms with Crippen molar-refractivity contribution in [1.29, 1.82) is 0 Å². The van der Waals surface area contributed by atoms with E-state index in [0.29, 0.717) is 38.3 Å². The zero-order chi connectivity index (χ0) is 21.9. The van der Waals surface area contributed by atoms with E-state index in [1.165, 1.54) is 27.6 Å². The molecule has 4 heterocycles. The lowest BCUT2D eigenvalue weighted by molar-refractivity contribution is -0.132. The van der Waals surface area contributed by atoms with Gasteiger partial charge < -0.3 is 9.52 Å². The van der Waals surface area contributed by atoms with Crippen LogP contribution in [0.2, 0.25) is 5.02 Å². The van der Waals surface area contributed by atoms with Gasteiger partial charge >= 0.3 is 5.91 Å². The molecule has 5 rings (SSSR count). The molecule has 0 spiro atoms. The van der Waals surface area contributed by atoms with Crippen LogP contribution < -0.4 is 4.90 Å². The third kappa shape index (κ3) is 3.10. The van der Waals surface area contributed by atoms with Crippen LogP contribution in [0.15, 0.2) is 51.1 Å². The quantitative estimate of drug-likeness (QED) is 0.231. The van der Waals surface area contributed by atoms with Gasteiger partial charge in [0.2, 0.25) is 0 Å². The Morgan fingerprint density at radius 1 is 1.26 bits per heavy atom. The Bertz CT molecular complexity index is 1380. The number of hydrogen-bond donors (Lipinski definition) is 1. The maximum absolute atomic E-state index is 13.2. The Balaban J connectivity index is 1.74. The molecule has 1 aliphatic rings. The highest BCUT2D eigenvalue weighted by Gasteiger charge is 2.48. The predicted molar refractivity (Wildman–Crippen MR) is 122 cm³/mol. The number of ketones is 1. The molecule has 31 heavy (non-hydrogen) atoms. The molecule has 1 amide bonds. The van der Waals surface area contributed by atoms with Gasteiger partial charge in [-0.25, -0.2) is 4.98 Å². The van der Waals surface area contributed by atoms with Crippen LogP contribution in [0.4, 0.5) is 5.13 Å². The maximum atomic E-state index is 13.2. The summed E-state index contributed by atoms with van der Waals surface area (Å²) >= 11 is 8.98. The van der Waals surface area contributed by atoms with Crippen LogP contribution in [0.3, 0.4) is 0 Å². The number of carbonyl (C=O) groups excluding carboxylic acids is 2. The van der Waals surface area contributed by atoms with E-state index in [2.05, 4.69) is 4.98 Å². The fourth-order valence-corrected chi connectivity index (χ4v) is 5.76. The van der Waals surface area contributed by atoms with Crippen molar-refractivity contribution in [2.24, 2.45) is 0 Å². The van der Waals surface area contributed by atoms with Gasteiger partial charge in [-0.3, -0.25) is 14.5 Å². The van der Waals surface area contributed by atoms with Gasteiger partial charge in [-0.1, -0.05) is 29.0 Å². The van der Waals surface area contributed by atoms with Gasteiger partial charge in [0, 0.05) is 0 Å². The minimum absolute atomic E-state index is 0.0117. The number of furan rings is 1. The first-order valence-corrected chi connectivity index (χ1v) is 11.5. The number of fused-ring (bicyclic) bond motifs is 1. The number of para-hydroxylation sites is 1. The van der Waals surface area contributed by atoms with E-state index in [1.807, 2.05) is 22.9 Å². The second-order valence-corrected chi connectivity index (χ2v) is 9.33. The van der Waals surface area contributed by atoms with Gasteiger partial charge in [0.1, 0.15) is 22.8 Å². The number of aliphatic hydroxyl groups is 1. The summed E-state index contributed by atoms with van der Waals surface area (Å²) in [5.41, 5.74) is 1.69. The molecule has 3 aromatic heterocycles. The molecule has 1 saturated heterocycles. The molecule has 0 bridgehead atoms. The fourth-order valence-electron chi connectivity index (χ4n) is 3.79. The predicted octanol–water partition coefficient (Wildman–Crippen LogP) is 5.85. The number of aliphatic hydroxyl groups excluding tert-OH is 1. The Kier molecular flexibility index (Phi) is 4.73. The van der Waals surface area contributed by atoms with Gasteiger partial charge in [-0.2, -0.15) is 11.3 Å². The molecule has 1 aliphatic heterocycles. The summed E-state index contributed by atoms with van der Waals surface area (Å²) < 4.78 is 6.32. The monoisotopic (exact) mass is 470 g/mol. The lowest BCUT2D eigenvalue weighted by Crippen LogP contribution is -2.29. The standard InChI is InChI=1S/C22H15ClN2O4S2/c1-10-8-13(11(2)29-10)19(26)16-18(12-6-7-30-9-12)25(21(28)20(16)27)22-24-17-14(23)4-3-5-15(17)31-22/h3-9,18,26H,1-2H3/b19-16+. The number of nitrogens with zero attached hydrogens (tertiary/aromatic N) is 2. The van der Waals surface area contributed by atoms with Crippen molar-refractivity contribution in [2.45, 2.75) is 19.9 Å². The van der Waals surface area contributed by atoms with E-state index >= 15 is 0 Å².